The van der Waals surface area contributed by atoms with Crippen LogP contribution in [0, 0.1) is 13.8 Å². The first-order valence-corrected chi connectivity index (χ1v) is 13.6. The van der Waals surface area contributed by atoms with E-state index in [9.17, 15) is 4.79 Å². The second kappa shape index (κ2) is 11.0. The van der Waals surface area contributed by atoms with Gasteiger partial charge in [-0.2, -0.15) is 0 Å². The molecular formula is C30H39N5O. The zero-order chi connectivity index (χ0) is 25.1. The molecule has 0 bridgehead atoms. The molecule has 0 N–H and O–H groups in total. The van der Waals surface area contributed by atoms with Crippen LogP contribution >= 0.6 is 0 Å². The van der Waals surface area contributed by atoms with Gasteiger partial charge in [0, 0.05) is 37.3 Å². The van der Waals surface area contributed by atoms with Crippen molar-refractivity contribution < 1.29 is 4.79 Å². The number of pyridine rings is 1. The Morgan fingerprint density at radius 3 is 2.42 bits per heavy atom. The van der Waals surface area contributed by atoms with Crippen LogP contribution in [-0.4, -0.2) is 62.5 Å². The van der Waals surface area contributed by atoms with Gasteiger partial charge in [-0.3, -0.25) is 4.79 Å². The van der Waals surface area contributed by atoms with Crippen LogP contribution in [0.3, 0.4) is 0 Å². The predicted octanol–water partition coefficient (Wildman–Crippen LogP) is 5.15. The Bertz CT molecular complexity index is 1230. The summed E-state index contributed by atoms with van der Waals surface area (Å²) >= 11 is 0. The van der Waals surface area contributed by atoms with Crippen LogP contribution in [0.1, 0.15) is 67.2 Å². The number of carbonyl (C=O) groups is 1. The summed E-state index contributed by atoms with van der Waals surface area (Å²) in [5, 5.41) is 0. The minimum Gasteiger partial charge on any atom is -0.339 e. The molecule has 2 aliphatic rings. The number of rotatable bonds is 6. The highest BCUT2D eigenvalue weighted by Gasteiger charge is 2.26. The molecule has 0 radical (unpaired) electrons. The minimum absolute atomic E-state index is 0.130. The number of aromatic nitrogens is 3. The number of carbonyl (C=O) groups excluding carboxylic acids is 1. The van der Waals surface area contributed by atoms with Crippen LogP contribution in [0.15, 0.2) is 36.4 Å². The maximum absolute atomic E-state index is 12.8. The number of likely N-dealkylation sites (tertiary alicyclic amines) is 2. The third-order valence-corrected chi connectivity index (χ3v) is 7.84. The minimum atomic E-state index is 0.130. The van der Waals surface area contributed by atoms with Crippen LogP contribution in [-0.2, 0) is 17.8 Å². The Kier molecular flexibility index (Phi) is 7.51. The summed E-state index contributed by atoms with van der Waals surface area (Å²) in [5.74, 6) is 1.19. The van der Waals surface area contributed by atoms with Crippen LogP contribution in [0.25, 0.3) is 17.2 Å². The lowest BCUT2D eigenvalue weighted by molar-refractivity contribution is -0.127. The summed E-state index contributed by atoms with van der Waals surface area (Å²) in [6.07, 6.45) is 10.8. The Hall–Kier alpha value is -2.99. The van der Waals surface area contributed by atoms with E-state index in [0.29, 0.717) is 6.04 Å². The van der Waals surface area contributed by atoms with Crippen LogP contribution < -0.4 is 0 Å². The van der Waals surface area contributed by atoms with Gasteiger partial charge in [0.15, 0.2) is 5.65 Å². The molecule has 5 rings (SSSR count). The fourth-order valence-corrected chi connectivity index (χ4v) is 5.81. The molecule has 2 fully saturated rings. The number of benzene rings is 1. The summed E-state index contributed by atoms with van der Waals surface area (Å²) in [5.41, 5.74) is 6.40. The number of piperidine rings is 2. The molecule has 0 atom stereocenters. The van der Waals surface area contributed by atoms with Crippen molar-refractivity contribution in [3.63, 3.8) is 0 Å². The van der Waals surface area contributed by atoms with Crippen molar-refractivity contribution in [3.05, 3.63) is 64.6 Å². The highest BCUT2D eigenvalue weighted by Crippen LogP contribution is 2.23. The maximum Gasteiger partial charge on any atom is 0.246 e. The molecule has 1 amide bonds. The first-order chi connectivity index (χ1) is 17.5. The molecular weight excluding hydrogens is 446 g/mol. The average molecular weight is 486 g/mol. The van der Waals surface area contributed by atoms with E-state index < -0.39 is 0 Å². The second-order valence-corrected chi connectivity index (χ2v) is 10.4. The molecule has 4 heterocycles. The third kappa shape index (κ3) is 5.39. The number of hydrogen-bond donors (Lipinski definition) is 0. The van der Waals surface area contributed by atoms with E-state index in [4.69, 9.17) is 9.97 Å². The average Bonchev–Trinajstić information content (AvgIpc) is 3.26. The molecule has 3 aromatic rings. The van der Waals surface area contributed by atoms with Crippen LogP contribution in [0.2, 0.25) is 0 Å². The van der Waals surface area contributed by atoms with Gasteiger partial charge in [0.1, 0.15) is 11.3 Å². The van der Waals surface area contributed by atoms with E-state index in [1.165, 1.54) is 43.5 Å². The molecule has 2 aromatic heterocycles. The molecule has 6 heteroatoms. The van der Waals surface area contributed by atoms with Crippen molar-refractivity contribution in [3.8, 4) is 0 Å². The van der Waals surface area contributed by atoms with Crippen LogP contribution in [0.5, 0.6) is 0 Å². The van der Waals surface area contributed by atoms with Gasteiger partial charge in [-0.1, -0.05) is 37.6 Å². The highest BCUT2D eigenvalue weighted by atomic mass is 16.2. The van der Waals surface area contributed by atoms with E-state index in [2.05, 4.69) is 53.6 Å². The topological polar surface area (TPSA) is 54.3 Å². The molecule has 190 valence electrons. The molecule has 0 unspecified atom stereocenters. The highest BCUT2D eigenvalue weighted by molar-refractivity contribution is 5.91. The van der Waals surface area contributed by atoms with E-state index in [1.807, 2.05) is 17.9 Å². The number of amides is 1. The quantitative estimate of drug-likeness (QED) is 0.453. The molecule has 0 aliphatic carbocycles. The Labute approximate surface area is 215 Å². The van der Waals surface area contributed by atoms with Crippen molar-refractivity contribution in [1.82, 2.24) is 24.3 Å². The molecule has 36 heavy (non-hydrogen) atoms. The van der Waals surface area contributed by atoms with Gasteiger partial charge in [0.05, 0.1) is 6.54 Å². The van der Waals surface area contributed by atoms with Gasteiger partial charge in [0.25, 0.3) is 0 Å². The number of fused-ring (bicyclic) bond motifs is 1. The van der Waals surface area contributed by atoms with Crippen molar-refractivity contribution in [1.29, 1.82) is 0 Å². The van der Waals surface area contributed by atoms with Gasteiger partial charge in [0.2, 0.25) is 5.91 Å². The smallest absolute Gasteiger partial charge is 0.246 e. The molecule has 0 spiro atoms. The van der Waals surface area contributed by atoms with Crippen molar-refractivity contribution in [2.75, 3.05) is 26.2 Å². The van der Waals surface area contributed by atoms with E-state index >= 15 is 0 Å². The number of imidazole rings is 1. The van der Waals surface area contributed by atoms with Crippen LogP contribution in [0.4, 0.5) is 0 Å². The molecule has 0 saturated carbocycles. The van der Waals surface area contributed by atoms with Gasteiger partial charge >= 0.3 is 0 Å². The number of hydrogen-bond acceptors (Lipinski definition) is 4. The largest absolute Gasteiger partial charge is 0.339 e. The molecule has 2 aliphatic heterocycles. The standard InChI is InChI=1S/C30H39N5O/c1-4-27-32-29-22(2)20-23(3)31-30(29)35(27)21-25-10-8-24(9-11-25)12-13-28(36)34-18-14-26(15-19-34)33-16-6-5-7-17-33/h8-13,20,26H,4-7,14-19,21H2,1-3H3/b13-12+. The lowest BCUT2D eigenvalue weighted by Crippen LogP contribution is -2.47. The fraction of sp³-hybridized carbons (Fsp3) is 0.500. The third-order valence-electron chi connectivity index (χ3n) is 7.84. The summed E-state index contributed by atoms with van der Waals surface area (Å²) in [4.78, 5) is 27.1. The normalized spacial score (nSPS) is 17.9. The van der Waals surface area contributed by atoms with Gasteiger partial charge in [-0.05, 0) is 81.5 Å². The first kappa shape index (κ1) is 24.7. The lowest BCUT2D eigenvalue weighted by atomic mass is 10.00. The summed E-state index contributed by atoms with van der Waals surface area (Å²) in [6.45, 7) is 11.2. The lowest BCUT2D eigenvalue weighted by Gasteiger charge is -2.40. The Morgan fingerprint density at radius 2 is 1.72 bits per heavy atom. The first-order valence-electron chi connectivity index (χ1n) is 13.6. The SMILES string of the molecule is CCc1nc2c(C)cc(C)nc2n1Cc1ccc(/C=C/C(=O)N2CCC(N3CCCCC3)CC2)cc1. The number of aryl methyl sites for hydroxylation is 3. The van der Waals surface area contributed by atoms with Gasteiger partial charge < -0.3 is 14.4 Å². The Morgan fingerprint density at radius 1 is 1.00 bits per heavy atom. The van der Waals surface area contributed by atoms with Crippen molar-refractivity contribution in [2.45, 2.75) is 71.9 Å². The Balaban J connectivity index is 1.20. The van der Waals surface area contributed by atoms with Crippen molar-refractivity contribution >= 4 is 23.1 Å². The summed E-state index contributed by atoms with van der Waals surface area (Å²) in [7, 11) is 0. The van der Waals surface area contributed by atoms with Gasteiger partial charge in [-0.25, -0.2) is 9.97 Å². The summed E-state index contributed by atoms with van der Waals surface area (Å²) in [6, 6.07) is 11.2. The summed E-state index contributed by atoms with van der Waals surface area (Å²) < 4.78 is 2.23. The van der Waals surface area contributed by atoms with Gasteiger partial charge in [-0.15, -0.1) is 0 Å². The molecule has 2 saturated heterocycles. The molecule has 1 aromatic carbocycles. The van der Waals surface area contributed by atoms with E-state index in [-0.39, 0.29) is 5.91 Å². The van der Waals surface area contributed by atoms with E-state index in [0.717, 1.165) is 67.1 Å². The van der Waals surface area contributed by atoms with E-state index in [1.54, 1.807) is 6.08 Å². The fourth-order valence-electron chi connectivity index (χ4n) is 5.81. The zero-order valence-corrected chi connectivity index (χ0v) is 22.0. The zero-order valence-electron chi connectivity index (χ0n) is 22.0. The monoisotopic (exact) mass is 485 g/mol. The predicted molar refractivity (Wildman–Crippen MR) is 146 cm³/mol. The second-order valence-electron chi connectivity index (χ2n) is 10.4. The molecule has 6 nitrogen and oxygen atoms in total. The maximum atomic E-state index is 12.8. The van der Waals surface area contributed by atoms with Crippen molar-refractivity contribution in [2.24, 2.45) is 0 Å². The number of nitrogens with zero attached hydrogens (tertiary/aromatic N) is 5.